The lowest BCUT2D eigenvalue weighted by Gasteiger charge is -2.12. The first-order valence-electron chi connectivity index (χ1n) is 5.67. The summed E-state index contributed by atoms with van der Waals surface area (Å²) in [6, 6.07) is 5.84. The fourth-order valence-corrected chi connectivity index (χ4v) is 2.84. The van der Waals surface area contributed by atoms with Gasteiger partial charge in [-0.05, 0) is 17.7 Å². The van der Waals surface area contributed by atoms with E-state index in [9.17, 15) is 18.0 Å². The molecule has 0 aliphatic rings. The van der Waals surface area contributed by atoms with Crippen LogP contribution in [0.15, 0.2) is 24.3 Å². The van der Waals surface area contributed by atoms with Crippen molar-refractivity contribution in [2.45, 2.75) is 18.2 Å². The Morgan fingerprint density at radius 1 is 1.24 bits per heavy atom. The molecule has 0 fully saturated rings. The summed E-state index contributed by atoms with van der Waals surface area (Å²) in [5.41, 5.74) is 0.708. The third-order valence-electron chi connectivity index (χ3n) is 2.44. The summed E-state index contributed by atoms with van der Waals surface area (Å²) in [6.07, 6.45) is -0.859. The van der Waals surface area contributed by atoms with Crippen LogP contribution < -0.4 is 4.72 Å². The van der Waals surface area contributed by atoms with Crippen molar-refractivity contribution in [2.75, 3.05) is 0 Å². The molecule has 0 amide bonds. The minimum Gasteiger partial charge on any atom is -0.481 e. The summed E-state index contributed by atoms with van der Waals surface area (Å²) >= 11 is 0. The van der Waals surface area contributed by atoms with E-state index < -0.39 is 40.2 Å². The van der Waals surface area contributed by atoms with Crippen LogP contribution in [0.5, 0.6) is 0 Å². The molecule has 0 aromatic heterocycles. The second-order valence-electron chi connectivity index (χ2n) is 4.17. The smallest absolute Gasteiger partial charge is 0.322 e. The molecule has 1 aromatic carbocycles. The van der Waals surface area contributed by atoms with Gasteiger partial charge >= 0.3 is 11.9 Å². The predicted molar refractivity (Wildman–Crippen MR) is 70.6 cm³/mol. The SMILES string of the molecule is N#Cc1ccc(CS(=O)(=O)N[C@H](CC(=O)O)C(=O)O)cc1. The summed E-state index contributed by atoms with van der Waals surface area (Å²) in [6.45, 7) is 0. The van der Waals surface area contributed by atoms with Crippen LogP contribution in [0.1, 0.15) is 17.5 Å². The van der Waals surface area contributed by atoms with E-state index in [0.717, 1.165) is 0 Å². The molecule has 1 atom stereocenters. The van der Waals surface area contributed by atoms with Crippen LogP contribution in [0.25, 0.3) is 0 Å². The molecule has 0 radical (unpaired) electrons. The van der Waals surface area contributed by atoms with Gasteiger partial charge < -0.3 is 10.2 Å². The molecule has 0 saturated carbocycles. The van der Waals surface area contributed by atoms with Crippen molar-refractivity contribution in [3.63, 3.8) is 0 Å². The molecule has 0 unspecified atom stereocenters. The van der Waals surface area contributed by atoms with Gasteiger partial charge in [0.05, 0.1) is 23.8 Å². The van der Waals surface area contributed by atoms with E-state index in [1.54, 1.807) is 0 Å². The van der Waals surface area contributed by atoms with E-state index in [4.69, 9.17) is 15.5 Å². The molecule has 0 aliphatic carbocycles. The van der Waals surface area contributed by atoms with Crippen LogP contribution in [-0.4, -0.2) is 36.6 Å². The number of nitriles is 1. The molecule has 1 aromatic rings. The molecular formula is C12H12N2O6S. The number of nitrogens with one attached hydrogen (secondary N) is 1. The highest BCUT2D eigenvalue weighted by molar-refractivity contribution is 7.88. The monoisotopic (exact) mass is 312 g/mol. The van der Waals surface area contributed by atoms with Crippen molar-refractivity contribution in [1.29, 1.82) is 5.26 Å². The van der Waals surface area contributed by atoms with Crippen LogP contribution in [0.4, 0.5) is 0 Å². The molecule has 9 heteroatoms. The van der Waals surface area contributed by atoms with Gasteiger partial charge in [-0.2, -0.15) is 5.26 Å². The third-order valence-corrected chi connectivity index (χ3v) is 3.80. The molecule has 0 spiro atoms. The zero-order chi connectivity index (χ0) is 16.0. The number of carboxylic acid groups (broad SMARTS) is 2. The number of benzene rings is 1. The number of carboxylic acids is 2. The zero-order valence-electron chi connectivity index (χ0n) is 10.7. The van der Waals surface area contributed by atoms with E-state index in [1.807, 2.05) is 10.8 Å². The molecule has 3 N–H and O–H groups in total. The molecule has 21 heavy (non-hydrogen) atoms. The Kier molecular flexibility index (Phi) is 5.40. The lowest BCUT2D eigenvalue weighted by Crippen LogP contribution is -2.42. The Labute approximate surface area is 120 Å². The van der Waals surface area contributed by atoms with Crippen LogP contribution in [0.2, 0.25) is 0 Å². The first-order chi connectivity index (χ1) is 9.73. The average Bonchev–Trinajstić information content (AvgIpc) is 2.37. The maximum Gasteiger partial charge on any atom is 0.322 e. The molecule has 1 rings (SSSR count). The fourth-order valence-electron chi connectivity index (χ4n) is 1.51. The van der Waals surface area contributed by atoms with Crippen molar-refractivity contribution >= 4 is 22.0 Å². The van der Waals surface area contributed by atoms with E-state index in [1.165, 1.54) is 24.3 Å². The maximum absolute atomic E-state index is 11.8. The summed E-state index contributed by atoms with van der Waals surface area (Å²) in [7, 11) is -4.02. The fraction of sp³-hybridized carbons (Fsp3) is 0.250. The number of carbonyl (C=O) groups is 2. The number of rotatable bonds is 7. The molecule has 0 saturated heterocycles. The average molecular weight is 312 g/mol. The minimum atomic E-state index is -4.02. The molecular weight excluding hydrogens is 300 g/mol. The summed E-state index contributed by atoms with van der Waals surface area (Å²) in [4.78, 5) is 21.3. The minimum absolute atomic E-state index is 0.348. The van der Waals surface area contributed by atoms with Crippen LogP contribution >= 0.6 is 0 Å². The Balaban J connectivity index is 2.82. The summed E-state index contributed by atoms with van der Waals surface area (Å²) in [5, 5.41) is 26.0. The summed E-state index contributed by atoms with van der Waals surface area (Å²) in [5.74, 6) is -3.51. The standard InChI is InChI=1S/C12H12N2O6S/c13-6-8-1-3-9(4-2-8)7-21(19,20)14-10(12(17)18)5-11(15)16/h1-4,10,14H,5,7H2,(H,15,16)(H,17,18)/t10-/m1/s1. The number of hydrogen-bond donors (Lipinski definition) is 3. The highest BCUT2D eigenvalue weighted by atomic mass is 32.2. The zero-order valence-corrected chi connectivity index (χ0v) is 11.5. The quantitative estimate of drug-likeness (QED) is 0.637. The van der Waals surface area contributed by atoms with Gasteiger partial charge in [-0.15, -0.1) is 0 Å². The van der Waals surface area contributed by atoms with Crippen molar-refractivity contribution in [1.82, 2.24) is 4.72 Å². The van der Waals surface area contributed by atoms with Gasteiger partial charge in [0.1, 0.15) is 6.04 Å². The second kappa shape index (κ2) is 6.83. The van der Waals surface area contributed by atoms with Crippen molar-refractivity contribution < 1.29 is 28.2 Å². The first-order valence-corrected chi connectivity index (χ1v) is 7.32. The number of nitrogens with zero attached hydrogens (tertiary/aromatic N) is 1. The number of hydrogen-bond acceptors (Lipinski definition) is 5. The van der Waals surface area contributed by atoms with Crippen molar-refractivity contribution in [3.05, 3.63) is 35.4 Å². The predicted octanol–water partition coefficient (Wildman–Crippen LogP) is -0.0944. The third kappa shape index (κ3) is 5.60. The van der Waals surface area contributed by atoms with Gasteiger partial charge in [-0.1, -0.05) is 12.1 Å². The molecule has 112 valence electrons. The van der Waals surface area contributed by atoms with E-state index in [0.29, 0.717) is 11.1 Å². The van der Waals surface area contributed by atoms with Crippen molar-refractivity contribution in [2.24, 2.45) is 0 Å². The Morgan fingerprint density at radius 3 is 2.24 bits per heavy atom. The first kappa shape index (κ1) is 16.6. The Morgan fingerprint density at radius 2 is 1.81 bits per heavy atom. The largest absolute Gasteiger partial charge is 0.481 e. The van der Waals surface area contributed by atoms with E-state index in [-0.39, 0.29) is 0 Å². The highest BCUT2D eigenvalue weighted by Gasteiger charge is 2.26. The van der Waals surface area contributed by atoms with Crippen LogP contribution in [0, 0.1) is 11.3 Å². The molecule has 0 bridgehead atoms. The van der Waals surface area contributed by atoms with Gasteiger partial charge in [0.25, 0.3) is 0 Å². The van der Waals surface area contributed by atoms with E-state index in [2.05, 4.69) is 0 Å². The lowest BCUT2D eigenvalue weighted by molar-refractivity contribution is -0.145. The van der Waals surface area contributed by atoms with E-state index >= 15 is 0 Å². The van der Waals surface area contributed by atoms with Gasteiger partial charge in [-0.3, -0.25) is 9.59 Å². The highest BCUT2D eigenvalue weighted by Crippen LogP contribution is 2.08. The number of aliphatic carboxylic acids is 2. The Hall–Kier alpha value is -2.44. The van der Waals surface area contributed by atoms with Gasteiger partial charge in [-0.25, -0.2) is 13.1 Å². The van der Waals surface area contributed by atoms with Gasteiger partial charge in [0.15, 0.2) is 0 Å². The van der Waals surface area contributed by atoms with Gasteiger partial charge in [0.2, 0.25) is 10.0 Å². The molecule has 0 aliphatic heterocycles. The normalized spacial score (nSPS) is 12.3. The molecule has 0 heterocycles. The van der Waals surface area contributed by atoms with Gasteiger partial charge in [0, 0.05) is 0 Å². The summed E-state index contributed by atoms with van der Waals surface area (Å²) < 4.78 is 25.5. The Bertz CT molecular complexity index is 675. The lowest BCUT2D eigenvalue weighted by atomic mass is 10.2. The van der Waals surface area contributed by atoms with Crippen molar-refractivity contribution in [3.8, 4) is 6.07 Å². The van der Waals surface area contributed by atoms with Crippen LogP contribution in [0.3, 0.4) is 0 Å². The number of sulfonamides is 1. The second-order valence-corrected chi connectivity index (χ2v) is 5.93. The molecule has 8 nitrogen and oxygen atoms in total. The van der Waals surface area contributed by atoms with Crippen LogP contribution in [-0.2, 0) is 25.4 Å². The topological polar surface area (TPSA) is 145 Å². The maximum atomic E-state index is 11.8.